The maximum absolute atomic E-state index is 12.2. The van der Waals surface area contributed by atoms with Gasteiger partial charge in [0.25, 0.3) is 0 Å². The van der Waals surface area contributed by atoms with Crippen LogP contribution in [-0.4, -0.2) is 11.0 Å². The van der Waals surface area contributed by atoms with E-state index in [-0.39, 0.29) is 18.4 Å². The summed E-state index contributed by atoms with van der Waals surface area (Å²) in [6.45, 7) is 1.88. The molecule has 0 aliphatic carbocycles. The Balaban J connectivity index is 1.97. The Morgan fingerprint density at radius 2 is 1.90 bits per heavy atom. The van der Waals surface area contributed by atoms with Crippen LogP contribution in [0.25, 0.3) is 0 Å². The molecule has 0 spiro atoms. The van der Waals surface area contributed by atoms with Crippen LogP contribution in [-0.2, 0) is 17.8 Å². The first-order valence-corrected chi connectivity index (χ1v) is 7.63. The fourth-order valence-corrected chi connectivity index (χ4v) is 2.34. The maximum atomic E-state index is 12.2. The molecule has 0 aliphatic heterocycles. The minimum Gasteiger partial charge on any atom is -0.392 e. The third kappa shape index (κ3) is 4.69. The minimum absolute atomic E-state index is 0.0204. The lowest BCUT2D eigenvalue weighted by molar-refractivity contribution is -0.119. The predicted molar refractivity (Wildman–Crippen MR) is 88.0 cm³/mol. The highest BCUT2D eigenvalue weighted by atomic mass is 79.9. The normalized spacial score (nSPS) is 12.0. The zero-order valence-electron chi connectivity index (χ0n) is 11.8. The van der Waals surface area contributed by atoms with Crippen molar-refractivity contribution in [2.45, 2.75) is 20.0 Å². The number of nitrogens with one attached hydrogen (secondary N) is 1. The molecule has 0 aromatic heterocycles. The molecule has 1 atom stereocenters. The van der Waals surface area contributed by atoms with Crippen LogP contribution in [0.2, 0.25) is 0 Å². The fraction of sp³-hybridized carbons (Fsp3) is 0.235. The van der Waals surface area contributed by atoms with E-state index in [0.717, 1.165) is 15.6 Å². The largest absolute Gasteiger partial charge is 0.392 e. The van der Waals surface area contributed by atoms with Gasteiger partial charge in [-0.1, -0.05) is 47.1 Å². The van der Waals surface area contributed by atoms with Crippen molar-refractivity contribution in [3.63, 3.8) is 0 Å². The first-order chi connectivity index (χ1) is 10.1. The van der Waals surface area contributed by atoms with Gasteiger partial charge in [-0.3, -0.25) is 4.79 Å². The highest BCUT2D eigenvalue weighted by Crippen LogP contribution is 2.16. The molecule has 0 saturated carbocycles. The summed E-state index contributed by atoms with van der Waals surface area (Å²) in [6, 6.07) is 15.2. The molecule has 0 aliphatic rings. The first-order valence-electron chi connectivity index (χ1n) is 6.83. The molecule has 0 saturated heterocycles. The van der Waals surface area contributed by atoms with Crippen molar-refractivity contribution >= 4 is 27.5 Å². The van der Waals surface area contributed by atoms with Crippen LogP contribution >= 0.6 is 15.9 Å². The van der Waals surface area contributed by atoms with Crippen molar-refractivity contribution in [1.82, 2.24) is 0 Å². The van der Waals surface area contributed by atoms with E-state index in [0.29, 0.717) is 12.1 Å². The molecule has 0 fully saturated rings. The number of anilines is 1. The summed E-state index contributed by atoms with van der Waals surface area (Å²) >= 11 is 3.40. The van der Waals surface area contributed by atoms with Crippen LogP contribution in [0, 0.1) is 5.92 Å². The van der Waals surface area contributed by atoms with Crippen molar-refractivity contribution in [1.29, 1.82) is 0 Å². The maximum Gasteiger partial charge on any atom is 0.227 e. The van der Waals surface area contributed by atoms with Crippen LogP contribution in [0.4, 0.5) is 5.69 Å². The highest BCUT2D eigenvalue weighted by molar-refractivity contribution is 9.10. The van der Waals surface area contributed by atoms with E-state index in [4.69, 9.17) is 5.11 Å². The zero-order valence-corrected chi connectivity index (χ0v) is 13.4. The third-order valence-electron chi connectivity index (χ3n) is 3.28. The lowest BCUT2D eigenvalue weighted by Gasteiger charge is -2.13. The lowest BCUT2D eigenvalue weighted by Crippen LogP contribution is -2.22. The van der Waals surface area contributed by atoms with Crippen LogP contribution < -0.4 is 5.32 Å². The number of hydrogen-bond donors (Lipinski definition) is 2. The highest BCUT2D eigenvalue weighted by Gasteiger charge is 2.13. The molecule has 3 nitrogen and oxygen atoms in total. The van der Waals surface area contributed by atoms with Gasteiger partial charge in [0, 0.05) is 16.1 Å². The standard InChI is InChI=1S/C17H18BrNO2/c1-12(9-13-5-7-15(18)8-6-13)17(21)19-16-4-2-3-14(10-16)11-20/h2-8,10,12,20H,9,11H2,1H3,(H,19,21). The molecule has 2 N–H and O–H groups in total. The molecule has 0 radical (unpaired) electrons. The Kier molecular flexibility index (Phi) is 5.53. The average molecular weight is 348 g/mol. The Morgan fingerprint density at radius 3 is 2.57 bits per heavy atom. The van der Waals surface area contributed by atoms with Gasteiger partial charge in [0.1, 0.15) is 0 Å². The second-order valence-electron chi connectivity index (χ2n) is 5.08. The number of aliphatic hydroxyl groups excluding tert-OH is 1. The molecule has 110 valence electrons. The summed E-state index contributed by atoms with van der Waals surface area (Å²) in [7, 11) is 0. The number of benzene rings is 2. The number of hydrogen-bond acceptors (Lipinski definition) is 2. The summed E-state index contributed by atoms with van der Waals surface area (Å²) in [5.41, 5.74) is 2.63. The van der Waals surface area contributed by atoms with Crippen LogP contribution in [0.3, 0.4) is 0 Å². The van der Waals surface area contributed by atoms with E-state index in [9.17, 15) is 4.79 Å². The first kappa shape index (κ1) is 15.7. The Morgan fingerprint density at radius 1 is 1.19 bits per heavy atom. The number of rotatable bonds is 5. The molecule has 1 amide bonds. The van der Waals surface area contributed by atoms with Gasteiger partial charge in [0.05, 0.1) is 6.61 Å². The quantitative estimate of drug-likeness (QED) is 0.864. The summed E-state index contributed by atoms with van der Waals surface area (Å²) in [6.07, 6.45) is 0.693. The number of amides is 1. The molecule has 0 heterocycles. The van der Waals surface area contributed by atoms with Gasteiger partial charge in [-0.05, 0) is 41.8 Å². The lowest BCUT2D eigenvalue weighted by atomic mass is 10.0. The van der Waals surface area contributed by atoms with E-state index < -0.39 is 0 Å². The Labute approximate surface area is 133 Å². The number of carbonyl (C=O) groups is 1. The van der Waals surface area contributed by atoms with Crippen LogP contribution in [0.5, 0.6) is 0 Å². The zero-order chi connectivity index (χ0) is 15.2. The predicted octanol–water partition coefficient (Wildman–Crippen LogP) is 3.76. The molecule has 0 bridgehead atoms. The van der Waals surface area contributed by atoms with E-state index >= 15 is 0 Å². The third-order valence-corrected chi connectivity index (χ3v) is 3.81. The van der Waals surface area contributed by atoms with Crippen molar-refractivity contribution < 1.29 is 9.90 Å². The van der Waals surface area contributed by atoms with Crippen molar-refractivity contribution in [3.8, 4) is 0 Å². The smallest absolute Gasteiger partial charge is 0.227 e. The van der Waals surface area contributed by atoms with Gasteiger partial charge < -0.3 is 10.4 Å². The van der Waals surface area contributed by atoms with E-state index in [1.165, 1.54) is 0 Å². The SMILES string of the molecule is CC(Cc1ccc(Br)cc1)C(=O)Nc1cccc(CO)c1. The van der Waals surface area contributed by atoms with Gasteiger partial charge in [-0.25, -0.2) is 0 Å². The van der Waals surface area contributed by atoms with Crippen molar-refractivity contribution in [2.75, 3.05) is 5.32 Å². The number of halogens is 1. The second-order valence-corrected chi connectivity index (χ2v) is 6.00. The molecule has 2 aromatic carbocycles. The summed E-state index contributed by atoms with van der Waals surface area (Å²) in [5.74, 6) is -0.142. The van der Waals surface area contributed by atoms with E-state index in [1.807, 2.05) is 49.4 Å². The number of carbonyl (C=O) groups excluding carboxylic acids is 1. The minimum atomic E-state index is -0.121. The van der Waals surface area contributed by atoms with Gasteiger partial charge in [0.15, 0.2) is 0 Å². The number of aliphatic hydroxyl groups is 1. The molecule has 21 heavy (non-hydrogen) atoms. The van der Waals surface area contributed by atoms with Crippen molar-refractivity contribution in [3.05, 3.63) is 64.1 Å². The molecular weight excluding hydrogens is 330 g/mol. The van der Waals surface area contributed by atoms with Crippen LogP contribution in [0.15, 0.2) is 53.0 Å². The van der Waals surface area contributed by atoms with Gasteiger partial charge in [-0.15, -0.1) is 0 Å². The molecule has 1 unspecified atom stereocenters. The molecule has 2 aromatic rings. The summed E-state index contributed by atoms with van der Waals surface area (Å²) in [4.78, 5) is 12.2. The Hall–Kier alpha value is -1.65. The monoisotopic (exact) mass is 347 g/mol. The van der Waals surface area contributed by atoms with Gasteiger partial charge >= 0.3 is 0 Å². The summed E-state index contributed by atoms with van der Waals surface area (Å²) in [5, 5.41) is 12.0. The molecule has 2 rings (SSSR count). The molecule has 4 heteroatoms. The topological polar surface area (TPSA) is 49.3 Å². The van der Waals surface area contributed by atoms with E-state index in [1.54, 1.807) is 6.07 Å². The van der Waals surface area contributed by atoms with E-state index in [2.05, 4.69) is 21.2 Å². The molecular formula is C17H18BrNO2. The second kappa shape index (κ2) is 7.38. The van der Waals surface area contributed by atoms with Crippen molar-refractivity contribution in [2.24, 2.45) is 5.92 Å². The van der Waals surface area contributed by atoms with Gasteiger partial charge in [0.2, 0.25) is 5.91 Å². The van der Waals surface area contributed by atoms with Gasteiger partial charge in [-0.2, -0.15) is 0 Å². The fourth-order valence-electron chi connectivity index (χ4n) is 2.08. The average Bonchev–Trinajstić information content (AvgIpc) is 2.49. The van der Waals surface area contributed by atoms with Crippen LogP contribution in [0.1, 0.15) is 18.1 Å². The summed E-state index contributed by atoms with van der Waals surface area (Å²) < 4.78 is 1.03. The Bertz CT molecular complexity index is 610.